The van der Waals surface area contributed by atoms with Gasteiger partial charge in [0, 0.05) is 12.2 Å². The number of aryl methyl sites for hydroxylation is 1. The molecule has 3 heteroatoms. The van der Waals surface area contributed by atoms with Crippen LogP contribution in [0.2, 0.25) is 0 Å². The van der Waals surface area contributed by atoms with E-state index in [1.807, 2.05) is 37.3 Å². The first-order valence-electron chi connectivity index (χ1n) is 5.00. The van der Waals surface area contributed by atoms with Gasteiger partial charge in [-0.2, -0.15) is 5.26 Å². The molecule has 2 rings (SSSR count). The quantitative estimate of drug-likeness (QED) is 0.694. The van der Waals surface area contributed by atoms with Crippen molar-refractivity contribution in [3.8, 4) is 6.07 Å². The summed E-state index contributed by atoms with van der Waals surface area (Å²) in [6.07, 6.45) is 0.642. The Morgan fingerprint density at radius 1 is 1.40 bits per heavy atom. The fraction of sp³-hybridized carbons (Fsp3) is 0.333. The largest absolute Gasteiger partial charge is 0.311 e. The second kappa shape index (κ2) is 3.74. The molecular formula is C12H12N2O. The molecule has 0 radical (unpaired) electrons. The van der Waals surface area contributed by atoms with Crippen LogP contribution in [0.25, 0.3) is 0 Å². The molecule has 76 valence electrons. The Bertz CT molecular complexity index is 416. The van der Waals surface area contributed by atoms with Gasteiger partial charge in [-0.1, -0.05) is 17.7 Å². The third-order valence-electron chi connectivity index (χ3n) is 2.71. The van der Waals surface area contributed by atoms with Crippen LogP contribution in [-0.2, 0) is 4.79 Å². The van der Waals surface area contributed by atoms with Gasteiger partial charge in [0.15, 0.2) is 0 Å². The van der Waals surface area contributed by atoms with E-state index in [1.54, 1.807) is 4.90 Å². The van der Waals surface area contributed by atoms with Crippen molar-refractivity contribution in [2.45, 2.75) is 13.3 Å². The standard InChI is InChI=1S/C12H12N2O/c1-9-2-4-11(5-3-9)14-7-6-10(8-13)12(14)15/h2-5,10H,6-7H2,1H3/t10-/m1/s1. The molecule has 1 fully saturated rings. The van der Waals surface area contributed by atoms with E-state index in [4.69, 9.17) is 5.26 Å². The van der Waals surface area contributed by atoms with Gasteiger partial charge in [0.25, 0.3) is 0 Å². The Morgan fingerprint density at radius 3 is 2.60 bits per heavy atom. The number of nitriles is 1. The van der Waals surface area contributed by atoms with Crippen molar-refractivity contribution in [3.05, 3.63) is 29.8 Å². The van der Waals surface area contributed by atoms with Crippen LogP contribution in [0.5, 0.6) is 0 Å². The summed E-state index contributed by atoms with van der Waals surface area (Å²) in [7, 11) is 0. The predicted molar refractivity (Wildman–Crippen MR) is 57.3 cm³/mol. The summed E-state index contributed by atoms with van der Waals surface area (Å²) in [5.41, 5.74) is 2.06. The van der Waals surface area contributed by atoms with Crippen LogP contribution < -0.4 is 4.90 Å². The molecule has 0 saturated carbocycles. The highest BCUT2D eigenvalue weighted by atomic mass is 16.2. The van der Waals surface area contributed by atoms with Crippen LogP contribution in [0.4, 0.5) is 5.69 Å². The first-order chi connectivity index (χ1) is 7.22. The zero-order chi connectivity index (χ0) is 10.8. The van der Waals surface area contributed by atoms with Crippen LogP contribution in [0.3, 0.4) is 0 Å². The lowest BCUT2D eigenvalue weighted by Crippen LogP contribution is -2.26. The summed E-state index contributed by atoms with van der Waals surface area (Å²) in [5, 5.41) is 8.75. The molecule has 1 aromatic carbocycles. The summed E-state index contributed by atoms with van der Waals surface area (Å²) in [6.45, 7) is 2.66. The van der Waals surface area contributed by atoms with Crippen LogP contribution in [0.15, 0.2) is 24.3 Å². The summed E-state index contributed by atoms with van der Waals surface area (Å²) in [5.74, 6) is -0.521. The summed E-state index contributed by atoms with van der Waals surface area (Å²) < 4.78 is 0. The number of hydrogen-bond donors (Lipinski definition) is 0. The van der Waals surface area contributed by atoms with Crippen molar-refractivity contribution in [1.82, 2.24) is 0 Å². The number of nitrogens with zero attached hydrogens (tertiary/aromatic N) is 2. The normalized spacial score (nSPS) is 20.4. The van der Waals surface area contributed by atoms with Crippen molar-refractivity contribution in [2.24, 2.45) is 5.92 Å². The highest BCUT2D eigenvalue weighted by Gasteiger charge is 2.32. The Hall–Kier alpha value is -1.82. The second-order valence-electron chi connectivity index (χ2n) is 3.80. The zero-order valence-corrected chi connectivity index (χ0v) is 8.60. The highest BCUT2D eigenvalue weighted by Crippen LogP contribution is 2.24. The molecule has 1 atom stereocenters. The maximum absolute atomic E-state index is 11.7. The fourth-order valence-electron chi connectivity index (χ4n) is 1.78. The number of hydrogen-bond acceptors (Lipinski definition) is 2. The van der Waals surface area contributed by atoms with Crippen LogP contribution in [0, 0.1) is 24.2 Å². The van der Waals surface area contributed by atoms with E-state index in [2.05, 4.69) is 0 Å². The zero-order valence-electron chi connectivity index (χ0n) is 8.60. The average molecular weight is 200 g/mol. The van der Waals surface area contributed by atoms with Gasteiger partial charge in [-0.25, -0.2) is 0 Å². The average Bonchev–Trinajstić information content (AvgIpc) is 2.61. The first kappa shape index (κ1) is 9.72. The van der Waals surface area contributed by atoms with Crippen molar-refractivity contribution in [3.63, 3.8) is 0 Å². The molecule has 1 aliphatic rings. The molecular weight excluding hydrogens is 188 g/mol. The van der Waals surface area contributed by atoms with Gasteiger partial charge in [0.1, 0.15) is 5.92 Å². The topological polar surface area (TPSA) is 44.1 Å². The van der Waals surface area contributed by atoms with E-state index in [1.165, 1.54) is 5.56 Å². The molecule has 1 aliphatic heterocycles. The number of rotatable bonds is 1. The van der Waals surface area contributed by atoms with Gasteiger partial charge < -0.3 is 4.90 Å². The third kappa shape index (κ3) is 1.71. The molecule has 1 amide bonds. The summed E-state index contributed by atoms with van der Waals surface area (Å²) >= 11 is 0. The minimum absolute atomic E-state index is 0.0682. The van der Waals surface area contributed by atoms with Gasteiger partial charge in [0.2, 0.25) is 5.91 Å². The molecule has 0 spiro atoms. The van der Waals surface area contributed by atoms with E-state index in [9.17, 15) is 4.79 Å². The molecule has 15 heavy (non-hydrogen) atoms. The van der Waals surface area contributed by atoms with Crippen molar-refractivity contribution in [2.75, 3.05) is 11.4 Å². The monoisotopic (exact) mass is 200 g/mol. The number of carbonyl (C=O) groups excluding carboxylic acids is 1. The van der Waals surface area contributed by atoms with Gasteiger partial charge in [0.05, 0.1) is 6.07 Å². The van der Waals surface area contributed by atoms with E-state index < -0.39 is 5.92 Å². The Labute approximate surface area is 88.9 Å². The Kier molecular flexibility index (Phi) is 2.42. The SMILES string of the molecule is Cc1ccc(N2CC[C@H](C#N)C2=O)cc1. The fourth-order valence-corrected chi connectivity index (χ4v) is 1.78. The number of carbonyl (C=O) groups is 1. The Morgan fingerprint density at radius 2 is 2.07 bits per heavy atom. The summed E-state index contributed by atoms with van der Waals surface area (Å²) in [6, 6.07) is 9.83. The van der Waals surface area contributed by atoms with Crippen molar-refractivity contribution in [1.29, 1.82) is 5.26 Å². The molecule has 3 nitrogen and oxygen atoms in total. The highest BCUT2D eigenvalue weighted by molar-refractivity contribution is 5.98. The van der Waals surface area contributed by atoms with Crippen LogP contribution in [0.1, 0.15) is 12.0 Å². The van der Waals surface area contributed by atoms with Crippen molar-refractivity contribution >= 4 is 11.6 Å². The number of benzene rings is 1. The van der Waals surface area contributed by atoms with Crippen LogP contribution in [-0.4, -0.2) is 12.5 Å². The molecule has 0 N–H and O–H groups in total. The van der Waals surface area contributed by atoms with Crippen molar-refractivity contribution < 1.29 is 4.79 Å². The minimum Gasteiger partial charge on any atom is -0.311 e. The Balaban J connectivity index is 2.23. The predicted octanol–water partition coefficient (Wildman–Crippen LogP) is 1.87. The number of amides is 1. The smallest absolute Gasteiger partial charge is 0.244 e. The van der Waals surface area contributed by atoms with E-state index >= 15 is 0 Å². The molecule has 0 aromatic heterocycles. The first-order valence-corrected chi connectivity index (χ1v) is 5.00. The lowest BCUT2D eigenvalue weighted by molar-refractivity contribution is -0.118. The van der Waals surface area contributed by atoms with Gasteiger partial charge in [-0.15, -0.1) is 0 Å². The van der Waals surface area contributed by atoms with Crippen LogP contribution >= 0.6 is 0 Å². The third-order valence-corrected chi connectivity index (χ3v) is 2.71. The maximum Gasteiger partial charge on any atom is 0.244 e. The molecule has 1 aromatic rings. The molecule has 0 unspecified atom stereocenters. The lowest BCUT2D eigenvalue weighted by Gasteiger charge is -2.15. The summed E-state index contributed by atoms with van der Waals surface area (Å²) in [4.78, 5) is 13.4. The van der Waals surface area contributed by atoms with Gasteiger partial charge >= 0.3 is 0 Å². The van der Waals surface area contributed by atoms with E-state index in [0.29, 0.717) is 13.0 Å². The second-order valence-corrected chi connectivity index (χ2v) is 3.80. The number of anilines is 1. The van der Waals surface area contributed by atoms with E-state index in [0.717, 1.165) is 5.69 Å². The molecule has 0 aliphatic carbocycles. The lowest BCUT2D eigenvalue weighted by atomic mass is 10.1. The molecule has 0 bridgehead atoms. The minimum atomic E-state index is -0.452. The maximum atomic E-state index is 11.7. The van der Waals surface area contributed by atoms with E-state index in [-0.39, 0.29) is 5.91 Å². The van der Waals surface area contributed by atoms with Gasteiger partial charge in [-0.3, -0.25) is 4.79 Å². The van der Waals surface area contributed by atoms with Gasteiger partial charge in [-0.05, 0) is 25.5 Å². The molecule has 1 heterocycles. The molecule has 1 saturated heterocycles.